The standard InChI is InChI=1S/C18H38O.H2S/c1-2-3-4-5-6-7-8-9-10-11-12-13-14-15-16-17-18-19;/h19H,2-18H2,1H3;1H2. The molecule has 0 spiro atoms. The van der Waals surface area contributed by atoms with E-state index in [0.29, 0.717) is 6.61 Å². The fourth-order valence-electron chi connectivity index (χ4n) is 2.66. The Morgan fingerprint density at radius 3 is 0.950 bits per heavy atom. The lowest BCUT2D eigenvalue weighted by molar-refractivity contribution is 0.282. The van der Waals surface area contributed by atoms with Crippen LogP contribution >= 0.6 is 13.5 Å². The molecule has 1 N–H and O–H groups in total. The minimum Gasteiger partial charge on any atom is -0.396 e. The highest BCUT2D eigenvalue weighted by atomic mass is 32.1. The molecule has 0 aliphatic carbocycles. The average Bonchev–Trinajstić information content (AvgIpc) is 2.43. The molecule has 0 saturated heterocycles. The lowest BCUT2D eigenvalue weighted by Gasteiger charge is -2.03. The van der Waals surface area contributed by atoms with Gasteiger partial charge in [0.05, 0.1) is 0 Å². The van der Waals surface area contributed by atoms with Crippen LogP contribution in [-0.2, 0) is 0 Å². The highest BCUT2D eigenvalue weighted by Crippen LogP contribution is 2.13. The Morgan fingerprint density at radius 1 is 0.450 bits per heavy atom. The van der Waals surface area contributed by atoms with Crippen LogP contribution in [0.25, 0.3) is 0 Å². The monoisotopic (exact) mass is 304 g/mol. The van der Waals surface area contributed by atoms with Crippen molar-refractivity contribution in [1.29, 1.82) is 0 Å². The molecule has 0 aromatic heterocycles. The predicted molar refractivity (Wildman–Crippen MR) is 97.0 cm³/mol. The van der Waals surface area contributed by atoms with Gasteiger partial charge in [0.2, 0.25) is 0 Å². The second-order valence-corrected chi connectivity index (χ2v) is 6.03. The zero-order valence-electron chi connectivity index (χ0n) is 14.0. The van der Waals surface area contributed by atoms with Gasteiger partial charge in [0.25, 0.3) is 0 Å². The average molecular weight is 305 g/mol. The van der Waals surface area contributed by atoms with Crippen molar-refractivity contribution in [2.45, 2.75) is 110 Å². The third-order valence-electron chi connectivity index (χ3n) is 4.01. The lowest BCUT2D eigenvalue weighted by Crippen LogP contribution is -1.85. The SMILES string of the molecule is CCCCCCCCCCCCCCCCCCO.S. The zero-order chi connectivity index (χ0) is 14.0. The van der Waals surface area contributed by atoms with Crippen LogP contribution in [0.1, 0.15) is 110 Å². The Kier molecular flexibility index (Phi) is 24.4. The van der Waals surface area contributed by atoms with Gasteiger partial charge in [0.15, 0.2) is 0 Å². The topological polar surface area (TPSA) is 20.2 Å². The Hall–Kier alpha value is 0.310. The summed E-state index contributed by atoms with van der Waals surface area (Å²) in [5.74, 6) is 0. The summed E-state index contributed by atoms with van der Waals surface area (Å²) in [7, 11) is 0. The van der Waals surface area contributed by atoms with Gasteiger partial charge in [-0.2, -0.15) is 13.5 Å². The van der Waals surface area contributed by atoms with Crippen molar-refractivity contribution in [2.24, 2.45) is 0 Å². The van der Waals surface area contributed by atoms with E-state index in [4.69, 9.17) is 5.11 Å². The minimum absolute atomic E-state index is 0. The fraction of sp³-hybridized carbons (Fsp3) is 1.00. The fourth-order valence-corrected chi connectivity index (χ4v) is 2.66. The van der Waals surface area contributed by atoms with E-state index < -0.39 is 0 Å². The quantitative estimate of drug-likeness (QED) is 0.329. The van der Waals surface area contributed by atoms with Crippen LogP contribution in [0.15, 0.2) is 0 Å². The summed E-state index contributed by atoms with van der Waals surface area (Å²) in [5.41, 5.74) is 0. The van der Waals surface area contributed by atoms with E-state index in [9.17, 15) is 0 Å². The number of hydrogen-bond donors (Lipinski definition) is 1. The smallest absolute Gasteiger partial charge is 0.0431 e. The van der Waals surface area contributed by atoms with E-state index in [1.54, 1.807) is 0 Å². The van der Waals surface area contributed by atoms with Crippen molar-refractivity contribution in [3.05, 3.63) is 0 Å². The highest BCUT2D eigenvalue weighted by molar-refractivity contribution is 7.59. The molecule has 2 heteroatoms. The van der Waals surface area contributed by atoms with Crippen molar-refractivity contribution < 1.29 is 5.11 Å². The molecule has 0 aromatic rings. The van der Waals surface area contributed by atoms with Crippen molar-refractivity contribution in [3.8, 4) is 0 Å². The first kappa shape index (κ1) is 22.6. The zero-order valence-corrected chi connectivity index (χ0v) is 15.0. The second-order valence-electron chi connectivity index (χ2n) is 6.03. The molecule has 0 aliphatic heterocycles. The summed E-state index contributed by atoms with van der Waals surface area (Å²) >= 11 is 0. The molecule has 0 aliphatic rings. The summed E-state index contributed by atoms with van der Waals surface area (Å²) in [6.45, 7) is 2.66. The van der Waals surface area contributed by atoms with Gasteiger partial charge in [0.1, 0.15) is 0 Å². The molecule has 0 amide bonds. The van der Waals surface area contributed by atoms with Crippen molar-refractivity contribution in [3.63, 3.8) is 0 Å². The molecule has 0 fully saturated rings. The van der Waals surface area contributed by atoms with Crippen LogP contribution in [0.4, 0.5) is 0 Å². The molecule has 0 radical (unpaired) electrons. The Labute approximate surface area is 135 Å². The van der Waals surface area contributed by atoms with E-state index in [-0.39, 0.29) is 13.5 Å². The highest BCUT2D eigenvalue weighted by Gasteiger charge is 1.94. The van der Waals surface area contributed by atoms with Gasteiger partial charge in [-0.3, -0.25) is 0 Å². The van der Waals surface area contributed by atoms with Gasteiger partial charge in [0, 0.05) is 6.61 Å². The molecule has 0 aromatic carbocycles. The first-order valence-electron chi connectivity index (χ1n) is 9.02. The largest absolute Gasteiger partial charge is 0.396 e. The molecule has 0 unspecified atom stereocenters. The first-order valence-corrected chi connectivity index (χ1v) is 9.02. The number of aliphatic hydroxyl groups is 1. The normalized spacial score (nSPS) is 10.5. The summed E-state index contributed by atoms with van der Waals surface area (Å²) in [5, 5.41) is 8.67. The van der Waals surface area contributed by atoms with Crippen molar-refractivity contribution >= 4 is 13.5 Å². The number of hydrogen-bond acceptors (Lipinski definition) is 1. The number of unbranched alkanes of at least 4 members (excludes halogenated alkanes) is 15. The van der Waals surface area contributed by atoms with Crippen LogP contribution in [0, 0.1) is 0 Å². The molecule has 0 saturated carbocycles. The van der Waals surface area contributed by atoms with Crippen LogP contribution < -0.4 is 0 Å². The molecular formula is C18H40OS. The maximum Gasteiger partial charge on any atom is 0.0431 e. The molecule has 124 valence electrons. The predicted octanol–water partition coefficient (Wildman–Crippen LogP) is 6.35. The Bertz CT molecular complexity index is 134. The van der Waals surface area contributed by atoms with Crippen molar-refractivity contribution in [2.75, 3.05) is 6.61 Å². The Morgan fingerprint density at radius 2 is 0.700 bits per heavy atom. The van der Waals surface area contributed by atoms with Gasteiger partial charge in [-0.15, -0.1) is 0 Å². The molecule has 1 nitrogen and oxygen atoms in total. The van der Waals surface area contributed by atoms with Crippen molar-refractivity contribution in [1.82, 2.24) is 0 Å². The molecule has 0 rings (SSSR count). The molecule has 0 heterocycles. The van der Waals surface area contributed by atoms with Gasteiger partial charge in [-0.25, -0.2) is 0 Å². The lowest BCUT2D eigenvalue weighted by atomic mass is 10.0. The molecule has 0 atom stereocenters. The number of rotatable bonds is 16. The Balaban J connectivity index is 0. The third kappa shape index (κ3) is 20.6. The van der Waals surface area contributed by atoms with E-state index in [1.165, 1.54) is 96.3 Å². The number of aliphatic hydroxyl groups excluding tert-OH is 1. The van der Waals surface area contributed by atoms with E-state index in [1.807, 2.05) is 0 Å². The second kappa shape index (κ2) is 21.6. The van der Waals surface area contributed by atoms with Gasteiger partial charge in [-0.05, 0) is 6.42 Å². The minimum atomic E-state index is 0. The summed E-state index contributed by atoms with van der Waals surface area (Å²) in [6, 6.07) is 0. The maximum absolute atomic E-state index is 8.67. The molecular weight excluding hydrogens is 264 g/mol. The van der Waals surface area contributed by atoms with E-state index in [2.05, 4.69) is 6.92 Å². The van der Waals surface area contributed by atoms with Crippen LogP contribution in [0.3, 0.4) is 0 Å². The summed E-state index contributed by atoms with van der Waals surface area (Å²) in [6.07, 6.45) is 22.2. The van der Waals surface area contributed by atoms with Gasteiger partial charge < -0.3 is 5.11 Å². The molecule has 20 heavy (non-hydrogen) atoms. The van der Waals surface area contributed by atoms with E-state index in [0.717, 1.165) is 6.42 Å². The van der Waals surface area contributed by atoms with Gasteiger partial charge in [-0.1, -0.05) is 103 Å². The maximum atomic E-state index is 8.67. The summed E-state index contributed by atoms with van der Waals surface area (Å²) in [4.78, 5) is 0. The van der Waals surface area contributed by atoms with Gasteiger partial charge >= 0.3 is 0 Å². The third-order valence-corrected chi connectivity index (χ3v) is 4.01. The van der Waals surface area contributed by atoms with Crippen LogP contribution in [-0.4, -0.2) is 11.7 Å². The molecule has 0 bridgehead atoms. The first-order chi connectivity index (χ1) is 9.41. The van der Waals surface area contributed by atoms with E-state index >= 15 is 0 Å². The van der Waals surface area contributed by atoms with Crippen LogP contribution in [0.5, 0.6) is 0 Å². The summed E-state index contributed by atoms with van der Waals surface area (Å²) < 4.78 is 0. The van der Waals surface area contributed by atoms with Crippen LogP contribution in [0.2, 0.25) is 0 Å².